The van der Waals surface area contributed by atoms with Crippen molar-refractivity contribution in [3.8, 4) is 67.9 Å². The fourth-order valence-electron chi connectivity index (χ4n) is 14.3. The predicted molar refractivity (Wildman–Crippen MR) is 414 cm³/mol. The zero-order chi connectivity index (χ0) is 69.0. The van der Waals surface area contributed by atoms with E-state index in [9.17, 15) is 0 Å². The summed E-state index contributed by atoms with van der Waals surface area (Å²) in [5.41, 5.74) is 22.3. The molecule has 0 amide bonds. The largest absolute Gasteiger partial charge is 0.497 e. The molecule has 0 saturated carbocycles. The summed E-state index contributed by atoms with van der Waals surface area (Å²) in [6.45, 7) is 4.64. The Morgan fingerprint density at radius 1 is 0.220 bits per heavy atom. The van der Waals surface area contributed by atoms with Gasteiger partial charge in [-0.1, -0.05) is 119 Å². The van der Waals surface area contributed by atoms with Crippen molar-refractivity contribution >= 4 is 68.2 Å². The number of methoxy groups -OCH3 is 6. The zero-order valence-corrected chi connectivity index (χ0v) is 58.7. The summed E-state index contributed by atoms with van der Waals surface area (Å²) in [5, 5.41) is 0. The van der Waals surface area contributed by atoms with Gasteiger partial charge in [0, 0.05) is 73.7 Å². The number of anilines is 12. The predicted octanol–water partition coefficient (Wildman–Crippen LogP) is 24.8. The van der Waals surface area contributed by atoms with Crippen LogP contribution in [0.15, 0.2) is 279 Å². The minimum atomic E-state index is -0.255. The number of hydrogen-bond donors (Lipinski definition) is 0. The third-order valence-electron chi connectivity index (χ3n) is 19.7. The van der Waals surface area contributed by atoms with Crippen LogP contribution in [0.3, 0.4) is 0 Å². The second-order valence-corrected chi connectivity index (χ2v) is 25.5. The van der Waals surface area contributed by atoms with E-state index < -0.39 is 0 Å². The molecule has 12 aromatic rings. The van der Waals surface area contributed by atoms with Crippen molar-refractivity contribution in [3.63, 3.8) is 0 Å². The van der Waals surface area contributed by atoms with E-state index in [0.717, 1.165) is 164 Å². The average Bonchev–Trinajstić information content (AvgIpc) is 1.55. The first kappa shape index (κ1) is 67.2. The maximum Gasteiger partial charge on any atom is 0.119 e. The quantitative estimate of drug-likeness (QED) is 0.0424. The Balaban J connectivity index is 0.856. The molecule has 0 bridgehead atoms. The molecule has 0 fully saturated rings. The first-order valence-corrected chi connectivity index (χ1v) is 34.9. The zero-order valence-electron chi connectivity index (χ0n) is 58.7. The number of nitrogens with zero attached hydrogens (tertiary/aromatic N) is 4. The minimum absolute atomic E-state index is 0.255. The van der Waals surface area contributed by atoms with Gasteiger partial charge in [0.2, 0.25) is 0 Å². The summed E-state index contributed by atoms with van der Waals surface area (Å²) in [6.07, 6.45) is 10.2. The highest BCUT2D eigenvalue weighted by molar-refractivity contribution is 5.90. The van der Waals surface area contributed by atoms with Crippen LogP contribution in [-0.2, 0) is 5.41 Å². The maximum absolute atomic E-state index is 5.76. The highest BCUT2D eigenvalue weighted by atomic mass is 16.5. The van der Waals surface area contributed by atoms with Crippen LogP contribution in [0.1, 0.15) is 82.8 Å². The molecule has 504 valence electrons. The maximum atomic E-state index is 5.76. The number of benzene rings is 12. The lowest BCUT2D eigenvalue weighted by Crippen LogP contribution is -2.26. The molecule has 0 N–H and O–H groups in total. The third kappa shape index (κ3) is 14.2. The Bertz CT molecular complexity index is 4240. The monoisotopic (exact) mass is 1320 g/mol. The second kappa shape index (κ2) is 31.0. The number of hydrogen-bond acceptors (Lipinski definition) is 10. The number of fused-ring (bicyclic) bond motifs is 3. The lowest BCUT2D eigenvalue weighted by Gasteiger charge is -2.35. The van der Waals surface area contributed by atoms with Crippen LogP contribution >= 0.6 is 0 Å². The number of unbranched alkanes of at least 4 members (excludes halogenated alkanes) is 5. The molecule has 10 heteroatoms. The Hall–Kier alpha value is -11.4. The van der Waals surface area contributed by atoms with E-state index in [0.29, 0.717) is 0 Å². The van der Waals surface area contributed by atoms with E-state index in [1.54, 1.807) is 42.7 Å². The van der Waals surface area contributed by atoms with Crippen molar-refractivity contribution in [2.24, 2.45) is 0 Å². The molecule has 13 rings (SSSR count). The number of ether oxygens (including phenoxy) is 6. The molecule has 0 aliphatic heterocycles. The van der Waals surface area contributed by atoms with Gasteiger partial charge in [0.1, 0.15) is 34.5 Å². The molecule has 1 aliphatic carbocycles. The summed E-state index contributed by atoms with van der Waals surface area (Å²) < 4.78 is 33.6. The van der Waals surface area contributed by atoms with Gasteiger partial charge in [-0.05, 0) is 276 Å². The van der Waals surface area contributed by atoms with E-state index in [1.165, 1.54) is 41.5 Å². The Morgan fingerprint density at radius 2 is 0.410 bits per heavy atom. The highest BCUT2D eigenvalue weighted by Crippen LogP contribution is 2.57. The van der Waals surface area contributed by atoms with Crippen LogP contribution in [0.25, 0.3) is 33.4 Å². The van der Waals surface area contributed by atoms with Crippen LogP contribution in [0.5, 0.6) is 34.5 Å². The molecule has 0 spiro atoms. The van der Waals surface area contributed by atoms with Gasteiger partial charge in [0.25, 0.3) is 0 Å². The molecule has 0 heterocycles. The summed E-state index contributed by atoms with van der Waals surface area (Å²) in [4.78, 5) is 9.33. The Morgan fingerprint density at radius 3 is 0.630 bits per heavy atom. The molecule has 0 unspecified atom stereocenters. The first-order valence-electron chi connectivity index (χ1n) is 34.9. The molecular weight excluding hydrogens is 1230 g/mol. The van der Waals surface area contributed by atoms with Crippen molar-refractivity contribution in [2.45, 2.75) is 77.0 Å². The second-order valence-electron chi connectivity index (χ2n) is 25.5. The van der Waals surface area contributed by atoms with Gasteiger partial charge in [-0.15, -0.1) is 0 Å². The van der Waals surface area contributed by atoms with E-state index in [-0.39, 0.29) is 5.41 Å². The van der Waals surface area contributed by atoms with Crippen LogP contribution in [0.2, 0.25) is 0 Å². The van der Waals surface area contributed by atoms with Gasteiger partial charge in [-0.25, -0.2) is 0 Å². The molecule has 0 atom stereocenters. The standard InChI is InChI=1S/C90H88N4O6/c1-9-11-13-15-61-90(60-14-12-10-2)88-62-78(93(76-40-54-84(99-7)55-41-76)70-28-20-66(21-29-70)64-16-24-68(25-17-64)91(72-32-46-80(95-3)47-33-72)73-34-48-81(96-4)49-35-73)44-58-86(88)87-59-45-79(63-89(87)90)94(77-42-56-85(100-8)57-43-77)71-30-22-67(23-31-71)65-18-26-69(27-19-65)92(74-36-50-82(97-5)51-37-74)75-38-52-83(98-6)53-39-75/h16-59,62-63H,9-15,60-61H2,1-8H3. The van der Waals surface area contributed by atoms with E-state index in [2.05, 4.69) is 264 Å². The van der Waals surface area contributed by atoms with E-state index in [4.69, 9.17) is 28.4 Å². The lowest BCUT2D eigenvalue weighted by atomic mass is 9.70. The summed E-state index contributed by atoms with van der Waals surface area (Å²) in [7, 11) is 10.2. The molecule has 0 saturated heterocycles. The molecule has 100 heavy (non-hydrogen) atoms. The Labute approximate surface area is 590 Å². The fourth-order valence-corrected chi connectivity index (χ4v) is 14.3. The highest BCUT2D eigenvalue weighted by Gasteiger charge is 2.43. The topological polar surface area (TPSA) is 68.3 Å². The minimum Gasteiger partial charge on any atom is -0.497 e. The first-order chi connectivity index (χ1) is 49.2. The van der Waals surface area contributed by atoms with Crippen LogP contribution in [-0.4, -0.2) is 42.7 Å². The van der Waals surface area contributed by atoms with E-state index >= 15 is 0 Å². The molecule has 12 aromatic carbocycles. The van der Waals surface area contributed by atoms with Crippen molar-refractivity contribution in [1.82, 2.24) is 0 Å². The lowest BCUT2D eigenvalue weighted by molar-refractivity contribution is 0.403. The number of rotatable bonds is 29. The van der Waals surface area contributed by atoms with Gasteiger partial charge in [-0.2, -0.15) is 0 Å². The molecule has 1 aliphatic rings. The summed E-state index contributed by atoms with van der Waals surface area (Å²) >= 11 is 0. The van der Waals surface area contributed by atoms with Gasteiger partial charge in [0.05, 0.1) is 42.7 Å². The molecule has 0 aromatic heterocycles. The van der Waals surface area contributed by atoms with Crippen LogP contribution in [0, 0.1) is 0 Å². The van der Waals surface area contributed by atoms with E-state index in [1.807, 2.05) is 48.5 Å². The molecular formula is C90H88N4O6. The van der Waals surface area contributed by atoms with Crippen LogP contribution in [0.4, 0.5) is 68.2 Å². The summed E-state index contributed by atoms with van der Waals surface area (Å²) in [6, 6.07) is 99.9. The normalized spacial score (nSPS) is 11.8. The molecule has 10 nitrogen and oxygen atoms in total. The van der Waals surface area contributed by atoms with Crippen molar-refractivity contribution < 1.29 is 28.4 Å². The Kier molecular flexibility index (Phi) is 20.8. The van der Waals surface area contributed by atoms with Crippen molar-refractivity contribution in [2.75, 3.05) is 62.3 Å². The SMILES string of the molecule is CCCCCCC1(CCCCC)c2cc(N(c3ccc(OC)cc3)c3ccc(-c4ccc(N(c5ccc(OC)cc5)c5ccc(OC)cc5)cc4)cc3)ccc2-c2ccc(N(c3ccc(OC)cc3)c3ccc(-c4ccc(N(c5ccc(OC)cc5)c5ccc(OC)cc5)cc4)cc3)cc21. The van der Waals surface area contributed by atoms with Gasteiger partial charge in [-0.3, -0.25) is 0 Å². The molecule has 0 radical (unpaired) electrons. The van der Waals surface area contributed by atoms with Gasteiger partial charge >= 0.3 is 0 Å². The van der Waals surface area contributed by atoms with Crippen molar-refractivity contribution in [1.29, 1.82) is 0 Å². The average molecular weight is 1320 g/mol. The van der Waals surface area contributed by atoms with Gasteiger partial charge in [0.15, 0.2) is 0 Å². The fraction of sp³-hybridized carbons (Fsp3) is 0.200. The van der Waals surface area contributed by atoms with Crippen LogP contribution < -0.4 is 48.0 Å². The third-order valence-corrected chi connectivity index (χ3v) is 19.7. The van der Waals surface area contributed by atoms with Gasteiger partial charge < -0.3 is 48.0 Å². The smallest absolute Gasteiger partial charge is 0.119 e. The summed E-state index contributed by atoms with van der Waals surface area (Å²) in [5.74, 6) is 4.85. The van der Waals surface area contributed by atoms with Crippen molar-refractivity contribution in [3.05, 3.63) is 290 Å².